The van der Waals surface area contributed by atoms with Crippen molar-refractivity contribution < 1.29 is 19.1 Å². The normalized spacial score (nSPS) is 12.8. The summed E-state index contributed by atoms with van der Waals surface area (Å²) in [7, 11) is 2.94. The van der Waals surface area contributed by atoms with Crippen molar-refractivity contribution in [2.24, 2.45) is 11.8 Å². The van der Waals surface area contributed by atoms with Gasteiger partial charge in [0.2, 0.25) is 0 Å². The van der Waals surface area contributed by atoms with Gasteiger partial charge < -0.3 is 9.47 Å². The Morgan fingerprint density at radius 1 is 0.395 bits per heavy atom. The molecule has 0 aliphatic carbocycles. The first-order valence-electron chi connectivity index (χ1n) is 16.6. The summed E-state index contributed by atoms with van der Waals surface area (Å²) in [6.45, 7) is 4.95. The van der Waals surface area contributed by atoms with E-state index in [-0.39, 0.29) is 11.9 Å². The van der Waals surface area contributed by atoms with Crippen LogP contribution < -0.4 is 0 Å². The van der Waals surface area contributed by atoms with Crippen molar-refractivity contribution in [2.75, 3.05) is 14.2 Å². The molecule has 0 aliphatic rings. The number of hydrogen-bond acceptors (Lipinski definition) is 4. The van der Waals surface area contributed by atoms with Crippen LogP contribution in [0.4, 0.5) is 0 Å². The third-order valence-corrected chi connectivity index (χ3v) is 8.51. The van der Waals surface area contributed by atoms with E-state index in [1.165, 1.54) is 143 Å². The van der Waals surface area contributed by atoms with Crippen LogP contribution in [0.5, 0.6) is 0 Å². The van der Waals surface area contributed by atoms with E-state index in [0.29, 0.717) is 12.8 Å². The summed E-state index contributed by atoms with van der Waals surface area (Å²) in [5, 5.41) is 0. The molecular weight excluding hydrogens is 472 g/mol. The summed E-state index contributed by atoms with van der Waals surface area (Å²) in [5.74, 6) is 1.62. The molecule has 0 radical (unpaired) electrons. The van der Waals surface area contributed by atoms with E-state index in [2.05, 4.69) is 23.3 Å². The molecule has 0 saturated heterocycles. The summed E-state index contributed by atoms with van der Waals surface area (Å²) in [6, 6.07) is 0. The monoisotopic (exact) mass is 538 g/mol. The van der Waals surface area contributed by atoms with Gasteiger partial charge in [-0.1, -0.05) is 155 Å². The molecule has 4 heteroatoms. The maximum atomic E-state index is 11.1. The number of esters is 2. The van der Waals surface area contributed by atoms with Gasteiger partial charge in [0.25, 0.3) is 0 Å². The van der Waals surface area contributed by atoms with Gasteiger partial charge >= 0.3 is 11.9 Å². The molecule has 0 saturated carbocycles. The van der Waals surface area contributed by atoms with E-state index >= 15 is 0 Å². The molecule has 0 bridgehead atoms. The largest absolute Gasteiger partial charge is 0.469 e. The van der Waals surface area contributed by atoms with Crippen molar-refractivity contribution in [1.82, 2.24) is 0 Å². The fraction of sp³-hybridized carbons (Fsp3) is 0.941. The lowest BCUT2D eigenvalue weighted by Gasteiger charge is -2.19. The number of carbonyl (C=O) groups excluding carboxylic acids is 2. The highest BCUT2D eigenvalue weighted by molar-refractivity contribution is 5.69. The SMILES string of the molecule is COC(=O)CCCCCCCCCCCCC[C@@H](C)[C@@H](C)CCCCCCCCCCCCCC(=O)OC. The molecule has 2 atom stereocenters. The Hall–Kier alpha value is -1.06. The van der Waals surface area contributed by atoms with Crippen LogP contribution in [-0.2, 0) is 19.1 Å². The van der Waals surface area contributed by atoms with Gasteiger partial charge in [-0.05, 0) is 24.7 Å². The molecule has 0 N–H and O–H groups in total. The number of ether oxygens (including phenoxy) is 2. The van der Waals surface area contributed by atoms with Crippen LogP contribution in [0.25, 0.3) is 0 Å². The molecule has 0 unspecified atom stereocenters. The topological polar surface area (TPSA) is 52.6 Å². The van der Waals surface area contributed by atoms with Gasteiger partial charge in [0.05, 0.1) is 14.2 Å². The minimum Gasteiger partial charge on any atom is -0.469 e. The Bertz CT molecular complexity index is 473. The fourth-order valence-corrected chi connectivity index (χ4v) is 5.43. The van der Waals surface area contributed by atoms with Gasteiger partial charge in [0, 0.05) is 12.8 Å². The fourth-order valence-electron chi connectivity index (χ4n) is 5.43. The molecule has 4 nitrogen and oxygen atoms in total. The molecule has 0 rings (SSSR count). The molecule has 0 amide bonds. The van der Waals surface area contributed by atoms with Gasteiger partial charge in [-0.25, -0.2) is 0 Å². The van der Waals surface area contributed by atoms with Crippen molar-refractivity contribution in [3.05, 3.63) is 0 Å². The quantitative estimate of drug-likeness (QED) is 0.0702. The minimum absolute atomic E-state index is 0.0690. The van der Waals surface area contributed by atoms with Gasteiger partial charge in [0.1, 0.15) is 0 Å². The predicted molar refractivity (Wildman–Crippen MR) is 162 cm³/mol. The third kappa shape index (κ3) is 26.5. The molecule has 0 heterocycles. The molecule has 226 valence electrons. The Morgan fingerprint density at radius 3 is 0.842 bits per heavy atom. The zero-order valence-electron chi connectivity index (χ0n) is 26.2. The van der Waals surface area contributed by atoms with E-state index in [9.17, 15) is 9.59 Å². The highest BCUT2D eigenvalue weighted by atomic mass is 16.5. The predicted octanol–water partition coefficient (Wildman–Crippen LogP) is 10.7. The number of hydrogen-bond donors (Lipinski definition) is 0. The first kappa shape index (κ1) is 36.9. The second kappa shape index (κ2) is 28.9. The Balaban J connectivity index is 3.32. The second-order valence-electron chi connectivity index (χ2n) is 12.0. The summed E-state index contributed by atoms with van der Waals surface area (Å²) in [5.41, 5.74) is 0. The Kier molecular flexibility index (Phi) is 28.1. The standard InChI is InChI=1S/C34H66O4/c1-31(27-23-19-15-11-7-5-9-13-17-21-25-29-33(35)37-3)32(2)28-24-20-16-12-8-6-10-14-18-22-26-30-34(36)38-4/h31-32H,5-30H2,1-4H3/t31-,32+. The lowest BCUT2D eigenvalue weighted by Crippen LogP contribution is -2.08. The first-order chi connectivity index (χ1) is 18.5. The van der Waals surface area contributed by atoms with E-state index in [1.54, 1.807) is 0 Å². The molecule has 0 aromatic rings. The average Bonchev–Trinajstić information content (AvgIpc) is 2.92. The van der Waals surface area contributed by atoms with E-state index < -0.39 is 0 Å². The zero-order chi connectivity index (χ0) is 28.1. The summed E-state index contributed by atoms with van der Waals surface area (Å²) < 4.78 is 9.36. The highest BCUT2D eigenvalue weighted by Crippen LogP contribution is 2.24. The minimum atomic E-state index is -0.0690. The summed E-state index contributed by atoms with van der Waals surface area (Å²) in [4.78, 5) is 22.1. The van der Waals surface area contributed by atoms with Crippen LogP contribution in [0.15, 0.2) is 0 Å². The van der Waals surface area contributed by atoms with Crippen LogP contribution in [-0.4, -0.2) is 26.2 Å². The zero-order valence-corrected chi connectivity index (χ0v) is 26.2. The average molecular weight is 539 g/mol. The maximum absolute atomic E-state index is 11.1. The molecule has 0 aromatic carbocycles. The van der Waals surface area contributed by atoms with Crippen molar-refractivity contribution in [3.63, 3.8) is 0 Å². The van der Waals surface area contributed by atoms with Crippen molar-refractivity contribution >= 4 is 11.9 Å². The van der Waals surface area contributed by atoms with Gasteiger partial charge in [0.15, 0.2) is 0 Å². The Labute approximate surface area is 237 Å². The molecule has 0 aromatic heterocycles. The maximum Gasteiger partial charge on any atom is 0.305 e. The van der Waals surface area contributed by atoms with Gasteiger partial charge in [-0.15, -0.1) is 0 Å². The third-order valence-electron chi connectivity index (χ3n) is 8.51. The lowest BCUT2D eigenvalue weighted by atomic mass is 9.86. The van der Waals surface area contributed by atoms with Crippen molar-refractivity contribution in [2.45, 2.75) is 181 Å². The van der Waals surface area contributed by atoms with Crippen LogP contribution in [0.2, 0.25) is 0 Å². The number of carbonyl (C=O) groups is 2. The second-order valence-corrected chi connectivity index (χ2v) is 12.0. The molecule has 38 heavy (non-hydrogen) atoms. The Morgan fingerprint density at radius 2 is 0.605 bits per heavy atom. The van der Waals surface area contributed by atoms with Crippen molar-refractivity contribution in [3.8, 4) is 0 Å². The van der Waals surface area contributed by atoms with E-state index in [1.807, 2.05) is 0 Å². The number of unbranched alkanes of at least 4 members (excludes halogenated alkanes) is 20. The first-order valence-corrected chi connectivity index (χ1v) is 16.6. The van der Waals surface area contributed by atoms with Gasteiger partial charge in [-0.3, -0.25) is 9.59 Å². The van der Waals surface area contributed by atoms with E-state index in [0.717, 1.165) is 37.5 Å². The summed E-state index contributed by atoms with van der Waals surface area (Å²) in [6.07, 6.45) is 33.0. The number of rotatable bonds is 29. The van der Waals surface area contributed by atoms with Crippen LogP contribution in [0, 0.1) is 11.8 Å². The molecule has 0 spiro atoms. The van der Waals surface area contributed by atoms with Gasteiger partial charge in [-0.2, -0.15) is 0 Å². The van der Waals surface area contributed by atoms with Crippen LogP contribution in [0.1, 0.15) is 181 Å². The summed E-state index contributed by atoms with van der Waals surface area (Å²) >= 11 is 0. The van der Waals surface area contributed by atoms with Crippen molar-refractivity contribution in [1.29, 1.82) is 0 Å². The number of methoxy groups -OCH3 is 2. The van der Waals surface area contributed by atoms with Crippen LogP contribution >= 0.6 is 0 Å². The van der Waals surface area contributed by atoms with Crippen LogP contribution in [0.3, 0.4) is 0 Å². The molecule has 0 fully saturated rings. The molecule has 0 aliphatic heterocycles. The van der Waals surface area contributed by atoms with E-state index in [4.69, 9.17) is 0 Å². The smallest absolute Gasteiger partial charge is 0.305 e. The highest BCUT2D eigenvalue weighted by Gasteiger charge is 2.11. The molecular formula is C34H66O4. The lowest BCUT2D eigenvalue weighted by molar-refractivity contribution is -0.141.